The van der Waals surface area contributed by atoms with Crippen LogP contribution in [-0.2, 0) is 32.5 Å². The third-order valence-electron chi connectivity index (χ3n) is 12.7. The third-order valence-corrected chi connectivity index (χ3v) is 14.0. The Labute approximate surface area is 373 Å². The molecule has 3 heterocycles. The van der Waals surface area contributed by atoms with Gasteiger partial charge in [-0.3, -0.25) is 0 Å². The van der Waals surface area contributed by atoms with Crippen LogP contribution in [0.1, 0.15) is 163 Å². The van der Waals surface area contributed by atoms with E-state index in [1.807, 2.05) is 32.1 Å². The molecule has 4 heteroatoms. The van der Waals surface area contributed by atoms with Gasteiger partial charge < -0.3 is 9.80 Å². The van der Waals surface area contributed by atoms with Crippen LogP contribution < -0.4 is 25.5 Å². The molecule has 0 saturated heterocycles. The summed E-state index contributed by atoms with van der Waals surface area (Å²) < 4.78 is 41.2. The number of anilines is 6. The predicted molar refractivity (Wildman–Crippen MR) is 268 cm³/mol. The van der Waals surface area contributed by atoms with Crippen molar-refractivity contribution in [3.8, 4) is 0 Å². The lowest BCUT2D eigenvalue weighted by molar-refractivity contribution is 0.573. The minimum atomic E-state index is -0.590. The van der Waals surface area contributed by atoms with Crippen LogP contribution in [0.2, 0.25) is 0 Å². The Hall–Kier alpha value is -4.28. The maximum atomic E-state index is 9.83. The zero-order valence-corrected chi connectivity index (χ0v) is 40.5. The molecule has 0 radical (unpaired) electrons. The summed E-state index contributed by atoms with van der Waals surface area (Å²) in [5.41, 5.74) is 13.1. The maximum absolute atomic E-state index is 9.83. The molecule has 6 aromatic rings. The van der Waals surface area contributed by atoms with Gasteiger partial charge in [-0.1, -0.05) is 167 Å². The van der Waals surface area contributed by atoms with Crippen molar-refractivity contribution in [1.82, 2.24) is 0 Å². The zero-order chi connectivity index (χ0) is 47.3. The molecule has 0 amide bonds. The van der Waals surface area contributed by atoms with E-state index in [0.717, 1.165) is 44.8 Å². The summed E-state index contributed by atoms with van der Waals surface area (Å²) in [5.74, 6) is 0. The number of thiophene rings is 1. The molecule has 0 aliphatic carbocycles. The van der Waals surface area contributed by atoms with E-state index in [9.17, 15) is 5.48 Å². The Balaban J connectivity index is 1.61. The fraction of sp³-hybridized carbons (Fsp3) is 0.429. The molecular weight excluding hydrogens is 744 g/mol. The van der Waals surface area contributed by atoms with Crippen molar-refractivity contribution < 1.29 is 5.48 Å². The number of benzene rings is 5. The third kappa shape index (κ3) is 7.13. The van der Waals surface area contributed by atoms with Gasteiger partial charge in [0, 0.05) is 43.3 Å². The van der Waals surface area contributed by atoms with Gasteiger partial charge in [0.2, 0.25) is 0 Å². The highest BCUT2D eigenvalue weighted by Crippen LogP contribution is 2.51. The second-order valence-corrected chi connectivity index (χ2v) is 24.8. The van der Waals surface area contributed by atoms with E-state index < -0.39 is 5.41 Å². The van der Waals surface area contributed by atoms with E-state index in [0.29, 0.717) is 5.56 Å². The molecule has 2 aliphatic heterocycles. The standard InChI is InChI=1S/C56H69BN2S/c1-51(2,3)34-19-24-39(25-20-34)58-44-31-36(53(7,8)9)23-28-43(44)57-47-45(58)32-38(55(13,14)15)33-46(47)59(40-26-21-35(22-27-40)52(4,5)6)48-41-29-37(54(10,11)12)30-42(56(16,17)18)49(41)60-50(48)57/h19-33H,1-18H3/i19D,20D,24D,25D. The molecule has 0 N–H and O–H groups in total. The van der Waals surface area contributed by atoms with Crippen molar-refractivity contribution in [3.05, 3.63) is 124 Å². The number of nitrogens with zero attached hydrogens (tertiary/aromatic N) is 2. The molecule has 0 saturated carbocycles. The van der Waals surface area contributed by atoms with Crippen LogP contribution >= 0.6 is 11.3 Å². The second kappa shape index (κ2) is 13.6. The fourth-order valence-corrected chi connectivity index (χ4v) is 10.5. The van der Waals surface area contributed by atoms with Crippen LogP contribution in [-0.4, -0.2) is 6.71 Å². The van der Waals surface area contributed by atoms with Crippen molar-refractivity contribution in [2.45, 2.75) is 157 Å². The van der Waals surface area contributed by atoms with E-state index in [-0.39, 0.29) is 63.6 Å². The Morgan fingerprint density at radius 3 is 1.45 bits per heavy atom. The van der Waals surface area contributed by atoms with E-state index in [2.05, 4.69) is 180 Å². The Bertz CT molecular complexity index is 2850. The number of hydrogen-bond donors (Lipinski definition) is 0. The summed E-state index contributed by atoms with van der Waals surface area (Å²) in [4.78, 5) is 4.63. The molecular formula is C56H69BN2S. The lowest BCUT2D eigenvalue weighted by atomic mass is 9.36. The van der Waals surface area contributed by atoms with Gasteiger partial charge >= 0.3 is 0 Å². The minimum Gasteiger partial charge on any atom is -0.311 e. The van der Waals surface area contributed by atoms with E-state index >= 15 is 0 Å². The smallest absolute Gasteiger partial charge is 0.264 e. The monoisotopic (exact) mass is 817 g/mol. The normalized spacial score (nSPS) is 15.7. The molecule has 2 nitrogen and oxygen atoms in total. The maximum Gasteiger partial charge on any atom is 0.264 e. The van der Waals surface area contributed by atoms with Crippen LogP contribution in [0.4, 0.5) is 34.1 Å². The van der Waals surface area contributed by atoms with Crippen LogP contribution in [0.3, 0.4) is 0 Å². The number of hydrogen-bond acceptors (Lipinski definition) is 3. The van der Waals surface area contributed by atoms with Crippen molar-refractivity contribution in [2.24, 2.45) is 0 Å². The molecule has 312 valence electrons. The van der Waals surface area contributed by atoms with E-state index in [1.165, 1.54) is 37.2 Å². The van der Waals surface area contributed by atoms with Gasteiger partial charge in [-0.15, -0.1) is 11.3 Å². The van der Waals surface area contributed by atoms with Crippen molar-refractivity contribution in [3.63, 3.8) is 0 Å². The molecule has 5 aromatic carbocycles. The largest absolute Gasteiger partial charge is 0.311 e. The highest BCUT2D eigenvalue weighted by molar-refractivity contribution is 7.34. The average molecular weight is 817 g/mol. The molecule has 8 rings (SSSR count). The highest BCUT2D eigenvalue weighted by Gasteiger charge is 2.47. The van der Waals surface area contributed by atoms with Crippen LogP contribution in [0.25, 0.3) is 10.1 Å². The quantitative estimate of drug-likeness (QED) is 0.160. The van der Waals surface area contributed by atoms with E-state index in [4.69, 9.17) is 0 Å². The predicted octanol–water partition coefficient (Wildman–Crippen LogP) is 14.8. The van der Waals surface area contributed by atoms with Crippen molar-refractivity contribution >= 4 is 78.0 Å². The fourth-order valence-electron chi connectivity index (χ4n) is 8.88. The lowest BCUT2D eigenvalue weighted by Gasteiger charge is -2.44. The van der Waals surface area contributed by atoms with Crippen molar-refractivity contribution in [1.29, 1.82) is 0 Å². The Morgan fingerprint density at radius 1 is 0.450 bits per heavy atom. The number of rotatable bonds is 2. The summed E-state index contributed by atoms with van der Waals surface area (Å²) in [5, 5.41) is 1.26. The van der Waals surface area contributed by atoms with Gasteiger partial charge in [0.15, 0.2) is 0 Å². The van der Waals surface area contributed by atoms with Gasteiger partial charge in [0.05, 0.1) is 11.2 Å². The van der Waals surface area contributed by atoms with Crippen LogP contribution in [0, 0.1) is 0 Å². The lowest BCUT2D eigenvalue weighted by Crippen LogP contribution is -2.60. The van der Waals surface area contributed by atoms with Gasteiger partial charge in [0.1, 0.15) is 0 Å². The first-order chi connectivity index (χ1) is 29.2. The van der Waals surface area contributed by atoms with E-state index in [1.54, 1.807) is 0 Å². The minimum absolute atomic E-state index is 0.0108. The highest BCUT2D eigenvalue weighted by atomic mass is 32.1. The average Bonchev–Trinajstić information content (AvgIpc) is 3.54. The summed E-state index contributed by atoms with van der Waals surface area (Å²) in [6.45, 7) is 40.0. The molecule has 0 unspecified atom stereocenters. The van der Waals surface area contributed by atoms with Gasteiger partial charge in [-0.2, -0.15) is 0 Å². The molecule has 1 aromatic heterocycles. The molecule has 0 bridgehead atoms. The summed E-state index contributed by atoms with van der Waals surface area (Å²) in [7, 11) is 0. The zero-order valence-electron chi connectivity index (χ0n) is 43.7. The Morgan fingerprint density at radius 2 is 0.933 bits per heavy atom. The van der Waals surface area contributed by atoms with Gasteiger partial charge in [-0.05, 0) is 125 Å². The number of fused-ring (bicyclic) bond motifs is 6. The molecule has 0 fully saturated rings. The van der Waals surface area contributed by atoms with Gasteiger partial charge in [0.25, 0.3) is 6.71 Å². The SMILES string of the molecule is [2H]c1c([2H])c(C(C)(C)C)c([2H])c([2H])c1N1c2cc(C(C)(C)C)ccc2B2c3sc4c(C(C)(C)C)cc(C(C)(C)C)cc4c3N(c3ccc(C(C)(C)C)cc3)c3cc(C(C)(C)C)cc1c32. The first kappa shape index (κ1) is 37.5. The molecule has 2 aliphatic rings. The second-order valence-electron chi connectivity index (χ2n) is 23.8. The summed E-state index contributed by atoms with van der Waals surface area (Å²) in [6.07, 6.45) is 0. The van der Waals surface area contributed by atoms with Gasteiger partial charge in [-0.25, -0.2) is 0 Å². The first-order valence-corrected chi connectivity index (χ1v) is 22.8. The summed E-state index contributed by atoms with van der Waals surface area (Å²) >= 11 is 1.92. The molecule has 0 atom stereocenters. The van der Waals surface area contributed by atoms with Crippen LogP contribution in [0.5, 0.6) is 0 Å². The molecule has 0 spiro atoms. The first-order valence-electron chi connectivity index (χ1n) is 24.0. The van der Waals surface area contributed by atoms with Crippen LogP contribution in [0.15, 0.2) is 90.9 Å². The van der Waals surface area contributed by atoms with Crippen molar-refractivity contribution in [2.75, 3.05) is 9.80 Å². The Kier molecular flexibility index (Phi) is 8.50. The topological polar surface area (TPSA) is 6.48 Å². The summed E-state index contributed by atoms with van der Waals surface area (Å²) in [6, 6.07) is 25.6. The molecule has 60 heavy (non-hydrogen) atoms.